The van der Waals surface area contributed by atoms with Crippen molar-refractivity contribution in [3.63, 3.8) is 0 Å². The van der Waals surface area contributed by atoms with Crippen molar-refractivity contribution in [3.05, 3.63) is 71.4 Å². The van der Waals surface area contributed by atoms with E-state index in [0.29, 0.717) is 25.2 Å². The van der Waals surface area contributed by atoms with Crippen molar-refractivity contribution >= 4 is 41.0 Å². The summed E-state index contributed by atoms with van der Waals surface area (Å²) >= 11 is 12.5. The highest BCUT2D eigenvalue weighted by atomic mass is 35.5. The number of allylic oxidation sites excluding steroid dienone is 9. The molecule has 10 nitrogen and oxygen atoms in total. The Morgan fingerprint density at radius 2 is 1.69 bits per heavy atom. The van der Waals surface area contributed by atoms with Crippen molar-refractivity contribution in [2.45, 2.75) is 102 Å². The zero-order valence-electron chi connectivity index (χ0n) is 26.2. The molecule has 6 N–H and O–H groups in total. The van der Waals surface area contributed by atoms with Crippen LogP contribution in [0.3, 0.4) is 0 Å². The van der Waals surface area contributed by atoms with Gasteiger partial charge in [0, 0.05) is 23.4 Å². The van der Waals surface area contributed by atoms with E-state index in [1.807, 2.05) is 13.8 Å². The highest BCUT2D eigenvalue weighted by Crippen LogP contribution is 2.26. The maximum atomic E-state index is 12.6. The van der Waals surface area contributed by atoms with Crippen LogP contribution in [-0.4, -0.2) is 80.3 Å². The normalized spacial score (nSPS) is 24.1. The first kappa shape index (κ1) is 40.3. The molecule has 1 fully saturated rings. The summed E-state index contributed by atoms with van der Waals surface area (Å²) in [5.41, 5.74) is 5.90. The molecule has 9 atom stereocenters. The van der Waals surface area contributed by atoms with Crippen LogP contribution >= 0.6 is 23.2 Å². The number of hydrogen-bond acceptors (Lipinski definition) is 9. The van der Waals surface area contributed by atoms with E-state index in [-0.39, 0.29) is 5.03 Å². The lowest BCUT2D eigenvalue weighted by molar-refractivity contribution is -0.152. The molecule has 6 unspecified atom stereocenters. The van der Waals surface area contributed by atoms with Gasteiger partial charge in [0.25, 0.3) is 0 Å². The van der Waals surface area contributed by atoms with Crippen LogP contribution in [0.2, 0.25) is 0 Å². The number of aliphatic hydroxyl groups is 4. The first-order chi connectivity index (χ1) is 21.2. The first-order valence-electron chi connectivity index (χ1n) is 15.0. The number of ether oxygens (including phenoxy) is 2. The minimum absolute atomic E-state index is 0.168. The minimum Gasteiger partial charge on any atom is -0.456 e. The Morgan fingerprint density at radius 1 is 1.04 bits per heavy atom. The van der Waals surface area contributed by atoms with Crippen LogP contribution in [0, 0.1) is 11.8 Å². The molecule has 0 spiro atoms. The number of carbonyl (C=O) groups is 3. The second-order valence-corrected chi connectivity index (χ2v) is 12.1. The van der Waals surface area contributed by atoms with Gasteiger partial charge in [0.05, 0.1) is 18.3 Å². The number of esters is 1. The molecule has 12 heteroatoms. The van der Waals surface area contributed by atoms with Crippen molar-refractivity contribution in [2.24, 2.45) is 17.6 Å². The zero-order chi connectivity index (χ0) is 34.1. The SMILES string of the molecule is CC/C=C/C(OC(N)=O)C(Cl)C(O)CC(=O)C(O)C(O)C(C)/C(Cl)=C/C=C/C=C(C)/C=C/C=C/C(=O)O[C@@H]1C[C@H](C)CC[C@@H]1O. The van der Waals surface area contributed by atoms with Crippen molar-refractivity contribution in [3.8, 4) is 0 Å². The van der Waals surface area contributed by atoms with Crippen LogP contribution in [0.4, 0.5) is 4.79 Å². The van der Waals surface area contributed by atoms with Gasteiger partial charge >= 0.3 is 12.1 Å². The summed E-state index contributed by atoms with van der Waals surface area (Å²) in [6.07, 6.45) is 9.89. The number of carbonyl (C=O) groups excluding carboxylic acids is 3. The number of aliphatic hydroxyl groups excluding tert-OH is 4. The number of primary amides is 1. The van der Waals surface area contributed by atoms with E-state index in [1.165, 1.54) is 25.2 Å². The van der Waals surface area contributed by atoms with Crippen molar-refractivity contribution in [1.29, 1.82) is 0 Å². The monoisotopic (exact) mass is 671 g/mol. The van der Waals surface area contributed by atoms with E-state index < -0.39 is 72.2 Å². The van der Waals surface area contributed by atoms with Gasteiger partial charge in [-0.1, -0.05) is 80.5 Å². The largest absolute Gasteiger partial charge is 0.456 e. The number of hydrogen-bond donors (Lipinski definition) is 5. The van der Waals surface area contributed by atoms with Gasteiger partial charge in [-0.2, -0.15) is 0 Å². The summed E-state index contributed by atoms with van der Waals surface area (Å²) in [5, 5.41) is 40.3. The van der Waals surface area contributed by atoms with Crippen LogP contribution < -0.4 is 5.73 Å². The second kappa shape index (κ2) is 21.1. The lowest BCUT2D eigenvalue weighted by Crippen LogP contribution is -2.43. The highest BCUT2D eigenvalue weighted by molar-refractivity contribution is 6.30. The summed E-state index contributed by atoms with van der Waals surface area (Å²) in [6, 6.07) is 0. The quantitative estimate of drug-likeness (QED) is 0.0489. The summed E-state index contributed by atoms with van der Waals surface area (Å²) in [5.74, 6) is -1.81. The molecule has 0 aromatic heterocycles. The van der Waals surface area contributed by atoms with Gasteiger partial charge in [-0.05, 0) is 50.7 Å². The number of halogens is 2. The predicted octanol–water partition coefficient (Wildman–Crippen LogP) is 4.53. The van der Waals surface area contributed by atoms with E-state index in [4.69, 9.17) is 38.4 Å². The fraction of sp³-hybridized carbons (Fsp3) is 0.545. The molecular weight excluding hydrogens is 625 g/mol. The molecule has 1 saturated carbocycles. The van der Waals surface area contributed by atoms with Gasteiger partial charge in [0.2, 0.25) is 0 Å². The Kier molecular flexibility index (Phi) is 18.9. The molecule has 1 aliphatic rings. The number of nitrogens with two attached hydrogens (primary N) is 1. The van der Waals surface area contributed by atoms with Crippen LogP contribution in [0.25, 0.3) is 0 Å². The number of amides is 1. The van der Waals surface area contributed by atoms with Gasteiger partial charge in [-0.25, -0.2) is 9.59 Å². The molecule has 0 aromatic rings. The molecule has 0 heterocycles. The summed E-state index contributed by atoms with van der Waals surface area (Å²) in [4.78, 5) is 35.8. The van der Waals surface area contributed by atoms with E-state index >= 15 is 0 Å². The van der Waals surface area contributed by atoms with Gasteiger partial charge in [-0.3, -0.25) is 4.79 Å². The maximum Gasteiger partial charge on any atom is 0.405 e. The lowest BCUT2D eigenvalue weighted by Gasteiger charge is -2.30. The van der Waals surface area contributed by atoms with Crippen LogP contribution in [0.5, 0.6) is 0 Å². The zero-order valence-corrected chi connectivity index (χ0v) is 27.7. The second-order valence-electron chi connectivity index (χ2n) is 11.2. The fourth-order valence-electron chi connectivity index (χ4n) is 4.43. The molecule has 0 aliphatic heterocycles. The van der Waals surface area contributed by atoms with Gasteiger partial charge in [0.15, 0.2) is 5.78 Å². The Bertz CT molecular complexity index is 1150. The lowest BCUT2D eigenvalue weighted by atomic mass is 9.86. The molecular formula is C33H47Cl2NO9. The van der Waals surface area contributed by atoms with Gasteiger partial charge in [0.1, 0.15) is 23.7 Å². The van der Waals surface area contributed by atoms with Crippen LogP contribution in [0.15, 0.2) is 71.4 Å². The van der Waals surface area contributed by atoms with Crippen molar-refractivity contribution in [2.75, 3.05) is 0 Å². The van der Waals surface area contributed by atoms with E-state index in [1.54, 1.807) is 42.5 Å². The number of rotatable bonds is 17. The third-order valence-electron chi connectivity index (χ3n) is 7.22. The average molecular weight is 673 g/mol. The van der Waals surface area contributed by atoms with E-state index in [9.17, 15) is 34.8 Å². The van der Waals surface area contributed by atoms with E-state index in [2.05, 4.69) is 6.92 Å². The maximum absolute atomic E-state index is 12.6. The van der Waals surface area contributed by atoms with Crippen LogP contribution in [-0.2, 0) is 19.1 Å². The summed E-state index contributed by atoms with van der Waals surface area (Å²) < 4.78 is 10.2. The molecule has 252 valence electrons. The van der Waals surface area contributed by atoms with Gasteiger partial charge in [-0.15, -0.1) is 11.6 Å². The molecule has 45 heavy (non-hydrogen) atoms. The highest BCUT2D eigenvalue weighted by Gasteiger charge is 2.35. The average Bonchev–Trinajstić information content (AvgIpc) is 2.99. The summed E-state index contributed by atoms with van der Waals surface area (Å²) in [6.45, 7) is 7.27. The molecule has 0 bridgehead atoms. The minimum atomic E-state index is -1.86. The number of alkyl halides is 1. The number of ketones is 1. The van der Waals surface area contributed by atoms with Crippen molar-refractivity contribution in [1.82, 2.24) is 0 Å². The predicted molar refractivity (Wildman–Crippen MR) is 174 cm³/mol. The first-order valence-corrected chi connectivity index (χ1v) is 15.8. The Morgan fingerprint density at radius 3 is 2.33 bits per heavy atom. The molecule has 0 aromatic carbocycles. The van der Waals surface area contributed by atoms with Crippen molar-refractivity contribution < 1.29 is 44.3 Å². The molecule has 1 amide bonds. The molecule has 0 radical (unpaired) electrons. The number of Topliss-reactive ketones (excluding diaryl/α,β-unsaturated/α-hetero) is 1. The molecule has 1 rings (SSSR count). The topological polar surface area (TPSA) is 177 Å². The standard InChI is InChI=1S/C33H47Cl2NO9/c1-5-6-14-27(45-33(36)43)30(35)25(38)19-26(39)32(42)31(41)22(4)23(34)13-9-7-11-20(2)12-8-10-15-29(40)44-28-18-21(3)16-17-24(28)37/h6-15,21-22,24-25,27-28,30-32,37-38,41-42H,5,16-19H2,1-4H3,(H2,36,43)/b9-7+,12-8+,14-6+,15-10+,20-11+,23-13-/t21-,22?,24+,25?,27?,28-,30?,31?,32?/m1/s1. The smallest absolute Gasteiger partial charge is 0.405 e. The third-order valence-corrected chi connectivity index (χ3v) is 8.23. The Hall–Kier alpha value is -2.73. The molecule has 0 saturated heterocycles. The summed E-state index contributed by atoms with van der Waals surface area (Å²) in [7, 11) is 0. The molecule has 1 aliphatic carbocycles. The Balaban J connectivity index is 2.64. The van der Waals surface area contributed by atoms with E-state index in [0.717, 1.165) is 12.0 Å². The Labute approximate surface area is 275 Å². The third kappa shape index (κ3) is 15.4. The van der Waals surface area contributed by atoms with Gasteiger partial charge < -0.3 is 35.6 Å². The van der Waals surface area contributed by atoms with Crippen LogP contribution in [0.1, 0.15) is 59.8 Å². The fourth-order valence-corrected chi connectivity index (χ4v) is 4.86.